The fourth-order valence-corrected chi connectivity index (χ4v) is 1.88. The monoisotopic (exact) mass is 251 g/mol. The smallest absolute Gasteiger partial charge is 0.407 e. The van der Waals surface area contributed by atoms with Crippen LogP contribution in [0.4, 0.5) is 4.79 Å². The summed E-state index contributed by atoms with van der Waals surface area (Å²) in [5.41, 5.74) is 1.20. The van der Waals surface area contributed by atoms with Crippen LogP contribution in [0.3, 0.4) is 0 Å². The number of methoxy groups -OCH3 is 1. The standard InChI is InChI=1S/C12H13NO5/c1-17-11(14)9-4-7-18-10(9)8-2-5-13(6-3-8)12(15)16/h2,4,7H,3,5-6H2,1H3,(H,15,16). The van der Waals surface area contributed by atoms with E-state index in [4.69, 9.17) is 9.52 Å². The molecule has 0 bridgehead atoms. The maximum Gasteiger partial charge on any atom is 0.407 e. The summed E-state index contributed by atoms with van der Waals surface area (Å²) in [6, 6.07) is 1.55. The van der Waals surface area contributed by atoms with Gasteiger partial charge in [0.05, 0.1) is 13.4 Å². The van der Waals surface area contributed by atoms with E-state index in [9.17, 15) is 9.59 Å². The summed E-state index contributed by atoms with van der Waals surface area (Å²) in [4.78, 5) is 23.6. The van der Waals surface area contributed by atoms with Gasteiger partial charge in [-0.05, 0) is 18.1 Å². The lowest BCUT2D eigenvalue weighted by Gasteiger charge is -2.23. The van der Waals surface area contributed by atoms with Gasteiger partial charge in [-0.1, -0.05) is 6.08 Å². The fourth-order valence-electron chi connectivity index (χ4n) is 1.88. The molecule has 0 saturated heterocycles. The van der Waals surface area contributed by atoms with Crippen molar-refractivity contribution in [3.63, 3.8) is 0 Å². The number of carbonyl (C=O) groups excluding carboxylic acids is 1. The van der Waals surface area contributed by atoms with Crippen molar-refractivity contribution < 1.29 is 23.8 Å². The molecule has 0 fully saturated rings. The zero-order valence-corrected chi connectivity index (χ0v) is 9.88. The topological polar surface area (TPSA) is 80.0 Å². The van der Waals surface area contributed by atoms with Gasteiger partial charge >= 0.3 is 12.1 Å². The van der Waals surface area contributed by atoms with Gasteiger partial charge in [0.1, 0.15) is 11.3 Å². The third-order valence-corrected chi connectivity index (χ3v) is 2.84. The lowest BCUT2D eigenvalue weighted by molar-refractivity contribution is 0.0599. The largest absolute Gasteiger partial charge is 0.465 e. The molecule has 0 saturated carbocycles. The number of carboxylic acid groups (broad SMARTS) is 1. The molecule has 0 atom stereocenters. The van der Waals surface area contributed by atoms with Gasteiger partial charge in [0.15, 0.2) is 0 Å². The van der Waals surface area contributed by atoms with E-state index in [0.29, 0.717) is 30.8 Å². The van der Waals surface area contributed by atoms with Crippen LogP contribution in [0.1, 0.15) is 22.5 Å². The zero-order valence-electron chi connectivity index (χ0n) is 9.88. The highest BCUT2D eigenvalue weighted by atomic mass is 16.5. The number of esters is 1. The SMILES string of the molecule is COC(=O)c1ccoc1C1=CCN(C(=O)O)CC1. The molecule has 1 aromatic heterocycles. The van der Waals surface area contributed by atoms with E-state index in [1.807, 2.05) is 0 Å². The second kappa shape index (κ2) is 4.95. The van der Waals surface area contributed by atoms with Gasteiger partial charge in [0, 0.05) is 13.1 Å². The van der Waals surface area contributed by atoms with Crippen LogP contribution < -0.4 is 0 Å². The summed E-state index contributed by atoms with van der Waals surface area (Å²) < 4.78 is 9.94. The van der Waals surface area contributed by atoms with E-state index >= 15 is 0 Å². The molecule has 0 aromatic carbocycles. The van der Waals surface area contributed by atoms with Crippen molar-refractivity contribution in [3.05, 3.63) is 29.7 Å². The van der Waals surface area contributed by atoms with E-state index < -0.39 is 12.1 Å². The highest BCUT2D eigenvalue weighted by Gasteiger charge is 2.22. The third-order valence-electron chi connectivity index (χ3n) is 2.84. The summed E-state index contributed by atoms with van der Waals surface area (Å²) in [7, 11) is 1.31. The normalized spacial score (nSPS) is 15.2. The molecule has 1 amide bonds. The summed E-state index contributed by atoms with van der Waals surface area (Å²) in [6.07, 6.45) is 2.75. The van der Waals surface area contributed by atoms with E-state index in [-0.39, 0.29) is 0 Å². The van der Waals surface area contributed by atoms with E-state index in [0.717, 1.165) is 5.57 Å². The molecule has 6 nitrogen and oxygen atoms in total. The van der Waals surface area contributed by atoms with Gasteiger partial charge in [0.2, 0.25) is 0 Å². The number of amides is 1. The van der Waals surface area contributed by atoms with Crippen LogP contribution >= 0.6 is 0 Å². The minimum atomic E-state index is -0.946. The van der Waals surface area contributed by atoms with Crippen molar-refractivity contribution in [2.75, 3.05) is 20.2 Å². The van der Waals surface area contributed by atoms with Gasteiger partial charge in [-0.2, -0.15) is 0 Å². The van der Waals surface area contributed by atoms with Crippen molar-refractivity contribution in [2.24, 2.45) is 0 Å². The molecule has 0 unspecified atom stereocenters. The minimum absolute atomic E-state index is 0.298. The molecule has 1 N–H and O–H groups in total. The molecular formula is C12H13NO5. The Kier molecular flexibility index (Phi) is 3.36. The minimum Gasteiger partial charge on any atom is -0.465 e. The number of furan rings is 1. The van der Waals surface area contributed by atoms with Gasteiger partial charge in [-0.3, -0.25) is 0 Å². The predicted molar refractivity (Wildman–Crippen MR) is 62.2 cm³/mol. The molecule has 0 radical (unpaired) electrons. The Hall–Kier alpha value is -2.24. The van der Waals surface area contributed by atoms with Crippen molar-refractivity contribution >= 4 is 17.6 Å². The molecule has 18 heavy (non-hydrogen) atoms. The first-order valence-electron chi connectivity index (χ1n) is 5.46. The number of hydrogen-bond acceptors (Lipinski definition) is 4. The highest BCUT2D eigenvalue weighted by Crippen LogP contribution is 2.26. The average Bonchev–Trinajstić information content (AvgIpc) is 2.87. The molecule has 1 aliphatic heterocycles. The number of ether oxygens (including phenoxy) is 1. The number of hydrogen-bond donors (Lipinski definition) is 1. The van der Waals surface area contributed by atoms with Gasteiger partial charge in [-0.25, -0.2) is 9.59 Å². The number of nitrogens with zero attached hydrogens (tertiary/aromatic N) is 1. The quantitative estimate of drug-likeness (QED) is 0.811. The lowest BCUT2D eigenvalue weighted by atomic mass is 10.0. The van der Waals surface area contributed by atoms with Crippen LogP contribution in [-0.2, 0) is 4.74 Å². The van der Waals surface area contributed by atoms with Crippen LogP contribution in [0, 0.1) is 0 Å². The maximum atomic E-state index is 11.5. The molecular weight excluding hydrogens is 238 g/mol. The summed E-state index contributed by atoms with van der Waals surface area (Å²) in [5.74, 6) is 0.00667. The third kappa shape index (κ3) is 2.22. The first-order valence-corrected chi connectivity index (χ1v) is 5.46. The molecule has 2 rings (SSSR count). The van der Waals surface area contributed by atoms with Crippen molar-refractivity contribution in [1.82, 2.24) is 4.90 Å². The Morgan fingerprint density at radius 3 is 2.83 bits per heavy atom. The van der Waals surface area contributed by atoms with Crippen LogP contribution in [0.25, 0.3) is 5.57 Å². The Labute approximate surface area is 103 Å². The predicted octanol–water partition coefficient (Wildman–Crippen LogP) is 1.83. The fraction of sp³-hybridized carbons (Fsp3) is 0.333. The van der Waals surface area contributed by atoms with Crippen molar-refractivity contribution in [1.29, 1.82) is 0 Å². The van der Waals surface area contributed by atoms with Crippen LogP contribution in [0.5, 0.6) is 0 Å². The maximum absolute atomic E-state index is 11.5. The Morgan fingerprint density at radius 1 is 1.50 bits per heavy atom. The van der Waals surface area contributed by atoms with Crippen LogP contribution in [0.15, 0.2) is 22.8 Å². The van der Waals surface area contributed by atoms with Gasteiger partial charge in [-0.15, -0.1) is 0 Å². The molecule has 6 heteroatoms. The average molecular weight is 251 g/mol. The Bertz CT molecular complexity index is 502. The van der Waals surface area contributed by atoms with Gasteiger partial charge < -0.3 is 19.2 Å². The number of carbonyl (C=O) groups is 2. The zero-order chi connectivity index (χ0) is 13.1. The van der Waals surface area contributed by atoms with Gasteiger partial charge in [0.25, 0.3) is 0 Å². The highest BCUT2D eigenvalue weighted by molar-refractivity contribution is 5.94. The lowest BCUT2D eigenvalue weighted by Crippen LogP contribution is -2.33. The summed E-state index contributed by atoms with van der Waals surface area (Å²) >= 11 is 0. The molecule has 1 aliphatic rings. The Morgan fingerprint density at radius 2 is 2.28 bits per heavy atom. The molecule has 0 aliphatic carbocycles. The first kappa shape index (κ1) is 12.2. The second-order valence-corrected chi connectivity index (χ2v) is 3.86. The molecule has 0 spiro atoms. The van der Waals surface area contributed by atoms with Crippen LogP contribution in [-0.4, -0.2) is 42.3 Å². The van der Waals surface area contributed by atoms with Crippen LogP contribution in [0.2, 0.25) is 0 Å². The summed E-state index contributed by atoms with van der Waals surface area (Å²) in [6.45, 7) is 0.689. The van der Waals surface area contributed by atoms with E-state index in [1.165, 1.54) is 18.3 Å². The first-order chi connectivity index (χ1) is 8.63. The molecule has 1 aromatic rings. The molecule has 96 valence electrons. The Balaban J connectivity index is 2.21. The number of rotatable bonds is 2. The van der Waals surface area contributed by atoms with E-state index in [2.05, 4.69) is 4.74 Å². The van der Waals surface area contributed by atoms with Crippen molar-refractivity contribution in [3.8, 4) is 0 Å². The summed E-state index contributed by atoms with van der Waals surface area (Å²) in [5, 5.41) is 8.84. The molecule has 2 heterocycles. The second-order valence-electron chi connectivity index (χ2n) is 3.86. The van der Waals surface area contributed by atoms with Crippen molar-refractivity contribution in [2.45, 2.75) is 6.42 Å². The van der Waals surface area contributed by atoms with E-state index in [1.54, 1.807) is 12.1 Å².